The van der Waals surface area contributed by atoms with Crippen molar-refractivity contribution in [2.75, 3.05) is 27.2 Å². The van der Waals surface area contributed by atoms with Crippen LogP contribution in [0.2, 0.25) is 0 Å². The first-order valence-electron chi connectivity index (χ1n) is 7.29. The maximum Gasteiger partial charge on any atom is 0.241 e. The number of aromatic nitrogens is 2. The van der Waals surface area contributed by atoms with Crippen LogP contribution in [-0.2, 0) is 6.54 Å². The van der Waals surface area contributed by atoms with Crippen LogP contribution in [0.4, 0.5) is 0 Å². The zero-order valence-electron chi connectivity index (χ0n) is 14.1. The summed E-state index contributed by atoms with van der Waals surface area (Å²) >= 11 is 0. The molecule has 0 aliphatic rings. The third kappa shape index (κ3) is 5.49. The predicted octanol–water partition coefficient (Wildman–Crippen LogP) is 2.58. The molecular weight excluding hydrogens is 316 g/mol. The standard InChI is InChI=1S/C16H24N4O2.ClH/c1-16(2,10-17)11-20(3)9-14-18-15(19-22-14)12-5-7-13(21-4)8-6-12;/h5-8H,9-11,17H2,1-4H3;1H. The Kier molecular flexibility index (Phi) is 7.00. The molecule has 0 radical (unpaired) electrons. The first-order valence-corrected chi connectivity index (χ1v) is 7.29. The average Bonchev–Trinajstić information content (AvgIpc) is 2.95. The van der Waals surface area contributed by atoms with Crippen LogP contribution in [0.5, 0.6) is 5.75 Å². The molecule has 0 atom stereocenters. The zero-order chi connectivity index (χ0) is 16.2. The van der Waals surface area contributed by atoms with Crippen molar-refractivity contribution in [1.29, 1.82) is 0 Å². The molecule has 1 aromatic heterocycles. The molecule has 2 aromatic rings. The fourth-order valence-electron chi connectivity index (χ4n) is 2.26. The third-order valence-corrected chi connectivity index (χ3v) is 3.47. The summed E-state index contributed by atoms with van der Waals surface area (Å²) in [6.07, 6.45) is 0. The summed E-state index contributed by atoms with van der Waals surface area (Å²) < 4.78 is 10.5. The van der Waals surface area contributed by atoms with E-state index >= 15 is 0 Å². The van der Waals surface area contributed by atoms with Crippen LogP contribution in [0.25, 0.3) is 11.4 Å². The molecule has 1 aromatic carbocycles. The van der Waals surface area contributed by atoms with Crippen molar-refractivity contribution in [3.63, 3.8) is 0 Å². The molecule has 1 heterocycles. The van der Waals surface area contributed by atoms with Gasteiger partial charge in [0, 0.05) is 12.1 Å². The molecule has 0 saturated heterocycles. The molecule has 128 valence electrons. The smallest absolute Gasteiger partial charge is 0.241 e. The maximum absolute atomic E-state index is 5.76. The van der Waals surface area contributed by atoms with Gasteiger partial charge < -0.3 is 15.0 Å². The lowest BCUT2D eigenvalue weighted by atomic mass is 9.93. The highest BCUT2D eigenvalue weighted by atomic mass is 35.5. The van der Waals surface area contributed by atoms with E-state index in [0.717, 1.165) is 17.9 Å². The minimum absolute atomic E-state index is 0. The number of nitrogens with two attached hydrogens (primary N) is 1. The van der Waals surface area contributed by atoms with Gasteiger partial charge in [-0.05, 0) is 43.3 Å². The molecule has 0 bridgehead atoms. The van der Waals surface area contributed by atoms with Crippen molar-refractivity contribution in [2.45, 2.75) is 20.4 Å². The van der Waals surface area contributed by atoms with Crippen molar-refractivity contribution in [1.82, 2.24) is 15.0 Å². The molecule has 2 N–H and O–H groups in total. The quantitative estimate of drug-likeness (QED) is 0.834. The molecule has 0 aliphatic carbocycles. The Balaban J connectivity index is 0.00000264. The molecule has 6 nitrogen and oxygen atoms in total. The van der Waals surface area contributed by atoms with Crippen LogP contribution in [0.15, 0.2) is 28.8 Å². The van der Waals surface area contributed by atoms with E-state index in [1.165, 1.54) is 0 Å². The average molecular weight is 341 g/mol. The Morgan fingerprint density at radius 2 is 1.91 bits per heavy atom. The Hall–Kier alpha value is -1.63. The molecular formula is C16H25ClN4O2. The van der Waals surface area contributed by atoms with Gasteiger partial charge in [-0.3, -0.25) is 4.90 Å². The lowest BCUT2D eigenvalue weighted by Gasteiger charge is -2.27. The monoisotopic (exact) mass is 340 g/mol. The van der Waals surface area contributed by atoms with Crippen molar-refractivity contribution >= 4 is 12.4 Å². The van der Waals surface area contributed by atoms with Gasteiger partial charge in [0.1, 0.15) is 5.75 Å². The van der Waals surface area contributed by atoms with Crippen LogP contribution >= 0.6 is 12.4 Å². The van der Waals surface area contributed by atoms with E-state index < -0.39 is 0 Å². The van der Waals surface area contributed by atoms with Crippen molar-refractivity contribution in [3.05, 3.63) is 30.2 Å². The number of nitrogens with zero attached hydrogens (tertiary/aromatic N) is 3. The second kappa shape index (κ2) is 8.29. The highest BCUT2D eigenvalue weighted by Gasteiger charge is 2.19. The lowest BCUT2D eigenvalue weighted by Crippen LogP contribution is -2.36. The van der Waals surface area contributed by atoms with E-state index in [1.54, 1.807) is 7.11 Å². The molecule has 2 rings (SSSR count). The van der Waals surface area contributed by atoms with E-state index in [-0.39, 0.29) is 17.8 Å². The Bertz CT molecular complexity index is 598. The number of methoxy groups -OCH3 is 1. The summed E-state index contributed by atoms with van der Waals surface area (Å²) in [5.41, 5.74) is 6.73. The summed E-state index contributed by atoms with van der Waals surface area (Å²) in [7, 11) is 3.66. The van der Waals surface area contributed by atoms with Gasteiger partial charge in [-0.2, -0.15) is 4.98 Å². The molecule has 7 heteroatoms. The highest BCUT2D eigenvalue weighted by molar-refractivity contribution is 5.85. The van der Waals surface area contributed by atoms with Crippen LogP contribution in [0, 0.1) is 5.41 Å². The number of halogens is 1. The molecule has 0 aliphatic heterocycles. The minimum Gasteiger partial charge on any atom is -0.497 e. The fraction of sp³-hybridized carbons (Fsp3) is 0.500. The van der Waals surface area contributed by atoms with Gasteiger partial charge in [-0.25, -0.2) is 0 Å². The van der Waals surface area contributed by atoms with E-state index in [1.807, 2.05) is 31.3 Å². The number of hydrogen-bond donors (Lipinski definition) is 1. The zero-order valence-corrected chi connectivity index (χ0v) is 14.9. The number of benzene rings is 1. The second-order valence-electron chi connectivity index (χ2n) is 6.28. The van der Waals surface area contributed by atoms with E-state index in [4.69, 9.17) is 15.0 Å². The summed E-state index contributed by atoms with van der Waals surface area (Å²) in [6.45, 7) is 6.38. The molecule has 0 spiro atoms. The molecule has 0 unspecified atom stereocenters. The Morgan fingerprint density at radius 1 is 1.26 bits per heavy atom. The van der Waals surface area contributed by atoms with Crippen LogP contribution in [-0.4, -0.2) is 42.3 Å². The number of rotatable bonds is 7. The van der Waals surface area contributed by atoms with Gasteiger partial charge in [-0.15, -0.1) is 12.4 Å². The number of hydrogen-bond acceptors (Lipinski definition) is 6. The van der Waals surface area contributed by atoms with E-state index in [9.17, 15) is 0 Å². The van der Waals surface area contributed by atoms with Crippen molar-refractivity contribution < 1.29 is 9.26 Å². The summed E-state index contributed by atoms with van der Waals surface area (Å²) in [5.74, 6) is 1.99. The number of ether oxygens (including phenoxy) is 1. The normalized spacial score (nSPS) is 11.4. The van der Waals surface area contributed by atoms with Gasteiger partial charge in [0.15, 0.2) is 0 Å². The molecule has 0 amide bonds. The van der Waals surface area contributed by atoms with Crippen molar-refractivity contribution in [2.24, 2.45) is 11.1 Å². The largest absolute Gasteiger partial charge is 0.497 e. The van der Waals surface area contributed by atoms with Gasteiger partial charge in [0.05, 0.1) is 13.7 Å². The molecule has 0 saturated carbocycles. The summed E-state index contributed by atoms with van der Waals surface area (Å²) in [4.78, 5) is 6.58. The lowest BCUT2D eigenvalue weighted by molar-refractivity contribution is 0.189. The Labute approximate surface area is 143 Å². The van der Waals surface area contributed by atoms with E-state index in [2.05, 4.69) is 28.9 Å². The van der Waals surface area contributed by atoms with Crippen molar-refractivity contribution in [3.8, 4) is 17.1 Å². The van der Waals surface area contributed by atoms with Crippen LogP contribution in [0.1, 0.15) is 19.7 Å². The predicted molar refractivity (Wildman–Crippen MR) is 92.7 cm³/mol. The van der Waals surface area contributed by atoms with Gasteiger partial charge in [-0.1, -0.05) is 19.0 Å². The minimum atomic E-state index is 0. The topological polar surface area (TPSA) is 77.4 Å². The molecule has 23 heavy (non-hydrogen) atoms. The SMILES string of the molecule is COc1ccc(-c2noc(CN(C)CC(C)(C)CN)n2)cc1.Cl. The Morgan fingerprint density at radius 3 is 2.48 bits per heavy atom. The first-order chi connectivity index (χ1) is 10.4. The summed E-state index contributed by atoms with van der Waals surface area (Å²) in [5, 5.41) is 4.03. The summed E-state index contributed by atoms with van der Waals surface area (Å²) in [6, 6.07) is 7.58. The van der Waals surface area contributed by atoms with Gasteiger partial charge in [0.2, 0.25) is 11.7 Å². The van der Waals surface area contributed by atoms with Crippen LogP contribution < -0.4 is 10.5 Å². The van der Waals surface area contributed by atoms with E-state index in [0.29, 0.717) is 24.8 Å². The maximum atomic E-state index is 5.76. The third-order valence-electron chi connectivity index (χ3n) is 3.47. The molecule has 0 fully saturated rings. The van der Waals surface area contributed by atoms with Gasteiger partial charge >= 0.3 is 0 Å². The fourth-order valence-corrected chi connectivity index (χ4v) is 2.26. The van der Waals surface area contributed by atoms with Gasteiger partial charge in [0.25, 0.3) is 0 Å². The highest BCUT2D eigenvalue weighted by Crippen LogP contribution is 2.20. The second-order valence-corrected chi connectivity index (χ2v) is 6.28. The first kappa shape index (κ1) is 19.4. The van der Waals surface area contributed by atoms with Crippen LogP contribution in [0.3, 0.4) is 0 Å².